The largest absolute Gasteiger partial charge is 0.416 e. The molecule has 1 aliphatic rings. The van der Waals surface area contributed by atoms with Gasteiger partial charge in [-0.05, 0) is 56.7 Å². The number of allylic oxidation sites excluding steroid dienone is 1. The van der Waals surface area contributed by atoms with Crippen LogP contribution in [0.15, 0.2) is 58.6 Å². The number of rotatable bonds is 7. The van der Waals surface area contributed by atoms with Crippen LogP contribution in [-0.2, 0) is 16.0 Å². The molecule has 3 unspecified atom stereocenters. The molecule has 43 heavy (non-hydrogen) atoms. The summed E-state index contributed by atoms with van der Waals surface area (Å²) >= 11 is 0. The van der Waals surface area contributed by atoms with E-state index in [1.807, 2.05) is 12.1 Å². The van der Waals surface area contributed by atoms with E-state index in [0.717, 1.165) is 40.3 Å². The molecule has 1 heterocycles. The van der Waals surface area contributed by atoms with Gasteiger partial charge in [-0.3, -0.25) is 4.90 Å². The van der Waals surface area contributed by atoms with Gasteiger partial charge in [-0.25, -0.2) is 13.2 Å². The van der Waals surface area contributed by atoms with Crippen LogP contribution in [0, 0.1) is 22.7 Å². The molecule has 0 saturated heterocycles. The molecule has 230 valence electrons. The molecular weight excluding hydrogens is 591 g/mol. The van der Waals surface area contributed by atoms with Crippen LogP contribution in [0.25, 0.3) is 0 Å². The van der Waals surface area contributed by atoms with Crippen LogP contribution in [0.5, 0.6) is 0 Å². The quantitative estimate of drug-likeness (QED) is 0.421. The molecule has 11 nitrogen and oxygen atoms in total. The second kappa shape index (κ2) is 12.6. The third-order valence-corrected chi connectivity index (χ3v) is 7.80. The molecule has 3 N–H and O–H groups in total. The number of aliphatic hydroxyl groups excluding tert-OH is 3. The highest BCUT2D eigenvalue weighted by Gasteiger charge is 2.46. The highest BCUT2D eigenvalue weighted by atomic mass is 32.2. The number of carbonyl (C=O) groups excluding carboxylic acids is 1. The maximum atomic E-state index is 14.1. The molecule has 4 atom stereocenters. The van der Waals surface area contributed by atoms with E-state index in [4.69, 9.17) is 0 Å². The van der Waals surface area contributed by atoms with Gasteiger partial charge in [-0.1, -0.05) is 12.1 Å². The predicted molar refractivity (Wildman–Crippen MR) is 147 cm³/mol. The lowest BCUT2D eigenvalue weighted by atomic mass is 9.92. The zero-order chi connectivity index (χ0) is 32.4. The molecule has 0 aliphatic carbocycles. The van der Waals surface area contributed by atoms with Crippen molar-refractivity contribution in [1.82, 2.24) is 9.80 Å². The van der Waals surface area contributed by atoms with Gasteiger partial charge in [0.2, 0.25) is 6.35 Å². The summed E-state index contributed by atoms with van der Waals surface area (Å²) in [7, 11) is -4.11. The van der Waals surface area contributed by atoms with E-state index >= 15 is 0 Å². The van der Waals surface area contributed by atoms with Crippen molar-refractivity contribution in [2.45, 2.75) is 56.4 Å². The first-order chi connectivity index (χ1) is 19.9. The highest BCUT2D eigenvalue weighted by Crippen LogP contribution is 2.44. The zero-order valence-corrected chi connectivity index (χ0v) is 24.4. The summed E-state index contributed by atoms with van der Waals surface area (Å²) in [6.45, 7) is 3.31. The van der Waals surface area contributed by atoms with Gasteiger partial charge in [0.1, 0.15) is 6.04 Å². The summed E-state index contributed by atoms with van der Waals surface area (Å²) < 4.78 is 66.5. The number of carbonyl (C=O) groups is 1. The van der Waals surface area contributed by atoms with E-state index in [-0.39, 0.29) is 41.2 Å². The molecular formula is C28H30F3N5O6S. The molecule has 2 amide bonds. The third kappa shape index (κ3) is 7.09. The van der Waals surface area contributed by atoms with Gasteiger partial charge in [0.15, 0.2) is 9.84 Å². The minimum absolute atomic E-state index is 0.0481. The molecule has 0 saturated carbocycles. The average molecular weight is 622 g/mol. The Morgan fingerprint density at radius 2 is 1.67 bits per heavy atom. The minimum atomic E-state index is -4.76. The molecule has 0 spiro atoms. The Bertz CT molecular complexity index is 1600. The van der Waals surface area contributed by atoms with Crippen molar-refractivity contribution < 1.29 is 41.7 Å². The summed E-state index contributed by atoms with van der Waals surface area (Å²) in [5, 5.41) is 51.6. The number of nitriles is 2. The molecule has 2 aromatic carbocycles. The number of hydrogen-bond donors (Lipinski definition) is 3. The van der Waals surface area contributed by atoms with E-state index < -0.39 is 57.1 Å². The maximum Gasteiger partial charge on any atom is 0.416 e. The Hall–Kier alpha value is -4.15. The van der Waals surface area contributed by atoms with Gasteiger partial charge in [0.05, 0.1) is 45.9 Å². The van der Waals surface area contributed by atoms with E-state index in [1.54, 1.807) is 0 Å². The van der Waals surface area contributed by atoms with Crippen molar-refractivity contribution in [3.05, 3.63) is 70.4 Å². The number of aliphatic hydroxyl groups is 3. The highest BCUT2D eigenvalue weighted by molar-refractivity contribution is 7.90. The van der Waals surface area contributed by atoms with Crippen LogP contribution in [0.4, 0.5) is 23.7 Å². The van der Waals surface area contributed by atoms with Gasteiger partial charge < -0.3 is 25.1 Å². The fourth-order valence-electron chi connectivity index (χ4n) is 4.90. The van der Waals surface area contributed by atoms with Crippen molar-refractivity contribution in [3.8, 4) is 12.1 Å². The number of anilines is 1. The Kier molecular flexibility index (Phi) is 9.78. The van der Waals surface area contributed by atoms with Gasteiger partial charge in [-0.2, -0.15) is 23.7 Å². The summed E-state index contributed by atoms with van der Waals surface area (Å²) in [5.74, 6) is 0. The Morgan fingerprint density at radius 3 is 2.16 bits per heavy atom. The lowest BCUT2D eigenvalue weighted by molar-refractivity contribution is -0.137. The summed E-state index contributed by atoms with van der Waals surface area (Å²) in [6.07, 6.45) is -8.27. The summed E-state index contributed by atoms with van der Waals surface area (Å²) in [4.78, 5) is 16.3. The van der Waals surface area contributed by atoms with E-state index in [9.17, 15) is 52.2 Å². The van der Waals surface area contributed by atoms with Crippen LogP contribution in [0.1, 0.15) is 43.5 Å². The second-order valence-corrected chi connectivity index (χ2v) is 12.2. The molecule has 1 aliphatic heterocycles. The molecule has 0 aromatic heterocycles. The first-order valence-electron chi connectivity index (χ1n) is 12.8. The van der Waals surface area contributed by atoms with Crippen molar-refractivity contribution in [1.29, 1.82) is 10.5 Å². The third-order valence-electron chi connectivity index (χ3n) is 6.65. The van der Waals surface area contributed by atoms with Gasteiger partial charge in [0, 0.05) is 30.7 Å². The van der Waals surface area contributed by atoms with Crippen LogP contribution in [-0.4, -0.2) is 77.5 Å². The Labute approximate surface area is 246 Å². The topological polar surface area (TPSA) is 169 Å². The summed E-state index contributed by atoms with van der Waals surface area (Å²) in [6, 6.07) is 8.40. The molecule has 0 radical (unpaired) electrons. The zero-order valence-electron chi connectivity index (χ0n) is 23.6. The first kappa shape index (κ1) is 33.4. The number of sulfone groups is 1. The maximum absolute atomic E-state index is 14.1. The molecule has 0 fully saturated rings. The Morgan fingerprint density at radius 1 is 1.07 bits per heavy atom. The second-order valence-electron chi connectivity index (χ2n) is 10.2. The number of nitrogens with zero attached hydrogens (tertiary/aromatic N) is 5. The average Bonchev–Trinajstić information content (AvgIpc) is 2.90. The molecule has 2 aromatic rings. The van der Waals surface area contributed by atoms with Crippen LogP contribution in [0.2, 0.25) is 0 Å². The molecule has 0 bridgehead atoms. The molecule has 3 rings (SSSR count). The van der Waals surface area contributed by atoms with E-state index in [2.05, 4.69) is 0 Å². The fraction of sp³-hybridized carbons (Fsp3) is 0.393. The van der Waals surface area contributed by atoms with E-state index in [0.29, 0.717) is 4.90 Å². The van der Waals surface area contributed by atoms with Crippen molar-refractivity contribution in [2.75, 3.05) is 24.2 Å². The SMILES string of the molecule is CC1=C(C#N)[C@@H](c2ccc(C#N)cc2S(C)(=O)=O)N(C(=O)N(CC(C)O)CC(C)O)C(O)N1c1cccc(C(F)(F)F)c1. The fourth-order valence-corrected chi connectivity index (χ4v) is 5.85. The van der Waals surface area contributed by atoms with Crippen LogP contribution >= 0.6 is 0 Å². The monoisotopic (exact) mass is 621 g/mol. The predicted octanol–water partition coefficient (Wildman–Crippen LogP) is 3.10. The number of urea groups is 1. The van der Waals surface area contributed by atoms with Gasteiger partial charge >= 0.3 is 12.2 Å². The van der Waals surface area contributed by atoms with Crippen molar-refractivity contribution >= 4 is 21.6 Å². The Balaban J connectivity index is 2.41. The van der Waals surface area contributed by atoms with Crippen molar-refractivity contribution in [3.63, 3.8) is 0 Å². The number of alkyl halides is 3. The number of hydrogen-bond acceptors (Lipinski definition) is 9. The van der Waals surface area contributed by atoms with Crippen molar-refractivity contribution in [2.24, 2.45) is 0 Å². The smallest absolute Gasteiger partial charge is 0.392 e. The van der Waals surface area contributed by atoms with Crippen LogP contribution < -0.4 is 4.90 Å². The summed E-state index contributed by atoms with van der Waals surface area (Å²) in [5.41, 5.74) is -1.88. The lowest BCUT2D eigenvalue weighted by Gasteiger charge is -2.48. The van der Waals surface area contributed by atoms with Gasteiger partial charge in [0.25, 0.3) is 0 Å². The van der Waals surface area contributed by atoms with Crippen LogP contribution in [0.3, 0.4) is 0 Å². The number of amides is 2. The number of benzene rings is 2. The minimum Gasteiger partial charge on any atom is -0.392 e. The van der Waals surface area contributed by atoms with Gasteiger partial charge in [-0.15, -0.1) is 0 Å². The van der Waals surface area contributed by atoms with E-state index in [1.165, 1.54) is 39.0 Å². The lowest BCUT2D eigenvalue weighted by Crippen LogP contribution is -2.60. The molecule has 15 heteroatoms. The standard InChI is InChI=1S/C28H30F3N5O6S/c1-16(37)14-34(15-17(2)38)26(39)36-25(22-9-8-19(12-32)10-24(22)43(4,41)42)23(13-33)18(3)35(27(36)40)21-7-5-6-20(11-21)28(29,30)31/h5-11,16-17,25,27,37-38,40H,14-15H2,1-4H3/t16?,17?,25-,27?/m1/s1. The first-order valence-corrected chi connectivity index (χ1v) is 14.7. The normalized spacial score (nSPS) is 19.0. The number of halogens is 3.